The Kier molecular flexibility index (Phi) is 36.5. The molecule has 0 rings (SSSR count). The number of aliphatic hydroxyl groups is 1. The molecule has 220 valence electrons. The van der Waals surface area contributed by atoms with Gasteiger partial charge in [0, 0.05) is 19.3 Å². The first kappa shape index (κ1) is 39.6. The van der Waals surface area contributed by atoms with Crippen LogP contribution in [0.15, 0.2) is 12.2 Å². The molecule has 0 amide bonds. The minimum atomic E-state index is -0.870. The molecule has 37 heavy (non-hydrogen) atoms. The lowest BCUT2D eigenvalue weighted by Crippen LogP contribution is -2.04. The summed E-state index contributed by atoms with van der Waals surface area (Å²) < 4.78 is 0. The van der Waals surface area contributed by atoms with Gasteiger partial charge in [-0.25, -0.2) is 0 Å². The highest BCUT2D eigenvalue weighted by Crippen LogP contribution is 2.10. The standard InChI is InChI=1S/C18H34O3.C6H10O4.C6H14/c1-2-3-4-11-14-17(19)15-12-9-7-5-6-8-10-13-16-18(20)21;7-5(8)3-1-2-4-6(9)10;1-3-5-6-4-2/h9,12,17,19H,2-8,10-11,13-16H2,1H3,(H,20,21);1-4H2,(H,7,8)(H,9,10);3-6H2,1-2H3/b12-9-;;/t17-;;/m1../s1. The number of carbonyl (C=O) groups is 3. The Balaban J connectivity index is -0.000000593. The molecule has 0 spiro atoms. The highest BCUT2D eigenvalue weighted by molar-refractivity contribution is 5.68. The zero-order valence-corrected chi connectivity index (χ0v) is 24.1. The van der Waals surface area contributed by atoms with Crippen LogP contribution < -0.4 is 0 Å². The molecule has 0 aliphatic heterocycles. The molecule has 0 aromatic carbocycles. The smallest absolute Gasteiger partial charge is 0.303 e. The summed E-state index contributed by atoms with van der Waals surface area (Å²) in [6, 6.07) is 0. The summed E-state index contributed by atoms with van der Waals surface area (Å²) in [7, 11) is 0. The van der Waals surface area contributed by atoms with Gasteiger partial charge in [-0.1, -0.05) is 104 Å². The summed E-state index contributed by atoms with van der Waals surface area (Å²) in [6.07, 6.45) is 23.9. The van der Waals surface area contributed by atoms with E-state index >= 15 is 0 Å². The molecule has 0 heterocycles. The van der Waals surface area contributed by atoms with Gasteiger partial charge in [0.2, 0.25) is 0 Å². The number of carboxylic acids is 3. The molecule has 0 saturated heterocycles. The van der Waals surface area contributed by atoms with E-state index < -0.39 is 17.9 Å². The summed E-state index contributed by atoms with van der Waals surface area (Å²) >= 11 is 0. The average molecular weight is 531 g/mol. The van der Waals surface area contributed by atoms with E-state index in [9.17, 15) is 19.5 Å². The Bertz CT molecular complexity index is 512. The van der Waals surface area contributed by atoms with Crippen molar-refractivity contribution in [2.75, 3.05) is 0 Å². The number of aliphatic carboxylic acids is 3. The second kappa shape index (κ2) is 34.1. The van der Waals surface area contributed by atoms with Gasteiger partial charge in [-0.3, -0.25) is 14.4 Å². The minimum Gasteiger partial charge on any atom is -0.481 e. The molecule has 0 aromatic heterocycles. The van der Waals surface area contributed by atoms with Gasteiger partial charge >= 0.3 is 17.9 Å². The second-order valence-electron chi connectivity index (χ2n) is 9.61. The third-order valence-electron chi connectivity index (χ3n) is 5.72. The van der Waals surface area contributed by atoms with E-state index in [0.717, 1.165) is 51.4 Å². The van der Waals surface area contributed by atoms with Crippen LogP contribution >= 0.6 is 0 Å². The quantitative estimate of drug-likeness (QED) is 0.0770. The van der Waals surface area contributed by atoms with E-state index in [1.54, 1.807) is 0 Å². The first-order chi connectivity index (χ1) is 17.7. The van der Waals surface area contributed by atoms with Gasteiger partial charge in [-0.15, -0.1) is 0 Å². The van der Waals surface area contributed by atoms with Crippen molar-refractivity contribution in [3.05, 3.63) is 12.2 Å². The van der Waals surface area contributed by atoms with Gasteiger partial charge in [0.25, 0.3) is 0 Å². The van der Waals surface area contributed by atoms with Crippen LogP contribution in [0.3, 0.4) is 0 Å². The van der Waals surface area contributed by atoms with E-state index in [1.807, 2.05) is 0 Å². The van der Waals surface area contributed by atoms with Crippen molar-refractivity contribution in [1.29, 1.82) is 0 Å². The topological polar surface area (TPSA) is 132 Å². The number of hydrogen-bond donors (Lipinski definition) is 4. The highest BCUT2D eigenvalue weighted by Gasteiger charge is 2.01. The van der Waals surface area contributed by atoms with Crippen molar-refractivity contribution < 1.29 is 34.8 Å². The van der Waals surface area contributed by atoms with Crippen molar-refractivity contribution in [3.8, 4) is 0 Å². The van der Waals surface area contributed by atoms with Gasteiger partial charge in [0.15, 0.2) is 0 Å². The van der Waals surface area contributed by atoms with E-state index in [-0.39, 0.29) is 18.9 Å². The van der Waals surface area contributed by atoms with Crippen molar-refractivity contribution >= 4 is 17.9 Å². The number of rotatable bonds is 23. The van der Waals surface area contributed by atoms with Crippen LogP contribution in [0.5, 0.6) is 0 Å². The fourth-order valence-electron chi connectivity index (χ4n) is 3.42. The lowest BCUT2D eigenvalue weighted by molar-refractivity contribution is -0.139. The fourth-order valence-corrected chi connectivity index (χ4v) is 3.42. The van der Waals surface area contributed by atoms with E-state index in [4.69, 9.17) is 15.3 Å². The molecular formula is C30H58O7. The molecule has 1 atom stereocenters. The van der Waals surface area contributed by atoms with Gasteiger partial charge in [-0.05, 0) is 44.9 Å². The monoisotopic (exact) mass is 530 g/mol. The van der Waals surface area contributed by atoms with Gasteiger partial charge < -0.3 is 20.4 Å². The van der Waals surface area contributed by atoms with Gasteiger partial charge in [0.05, 0.1) is 6.10 Å². The predicted molar refractivity (Wildman–Crippen MR) is 152 cm³/mol. The number of unbranched alkanes of at least 4 members (excludes halogenated alkanes) is 12. The second-order valence-corrected chi connectivity index (χ2v) is 9.61. The fraction of sp³-hybridized carbons (Fsp3) is 0.833. The number of allylic oxidation sites excluding steroid dienone is 1. The predicted octanol–water partition coefficient (Wildman–Crippen LogP) is 8.38. The Morgan fingerprint density at radius 1 is 0.541 bits per heavy atom. The Hall–Kier alpha value is -1.89. The summed E-state index contributed by atoms with van der Waals surface area (Å²) in [6.45, 7) is 6.66. The lowest BCUT2D eigenvalue weighted by Gasteiger charge is -2.07. The zero-order valence-electron chi connectivity index (χ0n) is 24.1. The van der Waals surface area contributed by atoms with Crippen molar-refractivity contribution in [1.82, 2.24) is 0 Å². The molecule has 0 aliphatic carbocycles. The summed E-state index contributed by atoms with van der Waals surface area (Å²) in [5.74, 6) is -2.43. The molecule has 7 heteroatoms. The number of carboxylic acid groups (broad SMARTS) is 3. The van der Waals surface area contributed by atoms with Crippen LogP contribution in [0.2, 0.25) is 0 Å². The molecule has 0 bridgehead atoms. The molecule has 0 aliphatic rings. The van der Waals surface area contributed by atoms with E-state index in [0.29, 0.717) is 19.3 Å². The maximum Gasteiger partial charge on any atom is 0.303 e. The van der Waals surface area contributed by atoms with Gasteiger partial charge in [0.1, 0.15) is 0 Å². The maximum atomic E-state index is 10.3. The highest BCUT2D eigenvalue weighted by atomic mass is 16.4. The molecule has 0 radical (unpaired) electrons. The zero-order chi connectivity index (χ0) is 28.6. The van der Waals surface area contributed by atoms with Crippen LogP contribution in [0.1, 0.15) is 156 Å². The van der Waals surface area contributed by atoms with E-state index in [1.165, 1.54) is 51.4 Å². The summed E-state index contributed by atoms with van der Waals surface area (Å²) in [5.41, 5.74) is 0. The minimum absolute atomic E-state index is 0.0628. The summed E-state index contributed by atoms with van der Waals surface area (Å²) in [4.78, 5) is 30.1. The van der Waals surface area contributed by atoms with E-state index in [2.05, 4.69) is 32.9 Å². The Labute approximate surface area is 226 Å². The van der Waals surface area contributed by atoms with Crippen molar-refractivity contribution in [2.24, 2.45) is 0 Å². The Morgan fingerprint density at radius 3 is 1.38 bits per heavy atom. The van der Waals surface area contributed by atoms with Crippen molar-refractivity contribution in [2.45, 2.75) is 162 Å². The first-order valence-electron chi connectivity index (χ1n) is 14.7. The normalized spacial score (nSPS) is 11.2. The van der Waals surface area contributed by atoms with Crippen LogP contribution in [0, 0.1) is 0 Å². The largest absolute Gasteiger partial charge is 0.481 e. The Morgan fingerprint density at radius 2 is 0.919 bits per heavy atom. The molecule has 0 fully saturated rings. The maximum absolute atomic E-state index is 10.3. The van der Waals surface area contributed by atoms with Crippen LogP contribution in [0.4, 0.5) is 0 Å². The lowest BCUT2D eigenvalue weighted by atomic mass is 10.1. The third kappa shape index (κ3) is 47.9. The van der Waals surface area contributed by atoms with Crippen LogP contribution in [0.25, 0.3) is 0 Å². The SMILES string of the molecule is CCCCCC.CCCCCC[C@@H](O)C/C=C\CCCCCCCC(=O)O.O=C(O)CCCCC(=O)O. The van der Waals surface area contributed by atoms with Gasteiger partial charge in [-0.2, -0.15) is 0 Å². The van der Waals surface area contributed by atoms with Crippen LogP contribution in [-0.4, -0.2) is 44.4 Å². The molecular weight excluding hydrogens is 472 g/mol. The molecule has 7 nitrogen and oxygen atoms in total. The summed E-state index contributed by atoms with van der Waals surface area (Å²) in [5, 5.41) is 34.6. The van der Waals surface area contributed by atoms with Crippen molar-refractivity contribution in [3.63, 3.8) is 0 Å². The molecule has 0 unspecified atom stereocenters. The average Bonchev–Trinajstić information content (AvgIpc) is 2.84. The molecule has 0 saturated carbocycles. The first-order valence-corrected chi connectivity index (χ1v) is 14.7. The number of aliphatic hydroxyl groups excluding tert-OH is 1. The molecule has 0 aromatic rings. The molecule has 4 N–H and O–H groups in total. The number of hydrogen-bond acceptors (Lipinski definition) is 4. The van der Waals surface area contributed by atoms with Crippen LogP contribution in [-0.2, 0) is 14.4 Å². The third-order valence-corrected chi connectivity index (χ3v) is 5.72.